The average Bonchev–Trinajstić information content (AvgIpc) is 3.32. The molecule has 3 aromatic heterocycles. The predicted octanol–water partition coefficient (Wildman–Crippen LogP) is 2.86. The minimum atomic E-state index is -0.000455. The Morgan fingerprint density at radius 1 is 1.14 bits per heavy atom. The highest BCUT2D eigenvalue weighted by Crippen LogP contribution is 2.29. The molecule has 0 amide bonds. The molecule has 3 aromatic rings. The van der Waals surface area contributed by atoms with Gasteiger partial charge in [0.15, 0.2) is 11.5 Å². The van der Waals surface area contributed by atoms with Crippen LogP contribution in [0.5, 0.6) is 0 Å². The van der Waals surface area contributed by atoms with Crippen LogP contribution in [0.15, 0.2) is 16.7 Å². The van der Waals surface area contributed by atoms with Crippen LogP contribution in [0.25, 0.3) is 5.65 Å². The van der Waals surface area contributed by atoms with E-state index in [9.17, 15) is 0 Å². The molecule has 8 heteroatoms. The maximum Gasteiger partial charge on any atom is 0.177 e. The zero-order chi connectivity index (χ0) is 20.0. The maximum atomic E-state index is 5.58. The van der Waals surface area contributed by atoms with Gasteiger partial charge in [-0.2, -0.15) is 9.61 Å². The summed E-state index contributed by atoms with van der Waals surface area (Å²) >= 11 is 0. The van der Waals surface area contributed by atoms with Crippen molar-refractivity contribution < 1.29 is 9.26 Å². The first kappa shape index (κ1) is 18.7. The van der Waals surface area contributed by atoms with Gasteiger partial charge >= 0.3 is 0 Å². The maximum absolute atomic E-state index is 5.58. The van der Waals surface area contributed by atoms with E-state index in [-0.39, 0.29) is 5.41 Å². The van der Waals surface area contributed by atoms with Crippen LogP contribution in [0.4, 0.5) is 0 Å². The molecule has 5 rings (SSSR count). The zero-order valence-corrected chi connectivity index (χ0v) is 17.4. The lowest BCUT2D eigenvalue weighted by atomic mass is 9.92. The molecule has 0 N–H and O–H groups in total. The molecule has 0 saturated carbocycles. The fourth-order valence-corrected chi connectivity index (χ4v) is 4.23. The van der Waals surface area contributed by atoms with Crippen molar-refractivity contribution in [3.63, 3.8) is 0 Å². The Hall–Kier alpha value is -2.32. The van der Waals surface area contributed by atoms with Gasteiger partial charge in [0.1, 0.15) is 11.5 Å². The highest BCUT2D eigenvalue weighted by atomic mass is 16.5. The molecular formula is C21H28N6O2. The SMILES string of the molecule is CC(C)(C)c1ccc2nnc(C3CCN(Cc4noc5c4COCC5)CC3)n2n1. The lowest BCUT2D eigenvalue weighted by Crippen LogP contribution is -2.33. The molecule has 1 fully saturated rings. The van der Waals surface area contributed by atoms with Gasteiger partial charge < -0.3 is 9.26 Å². The van der Waals surface area contributed by atoms with Crippen molar-refractivity contribution >= 4 is 5.65 Å². The molecule has 5 heterocycles. The molecule has 2 aliphatic heterocycles. The third kappa shape index (κ3) is 3.55. The fourth-order valence-electron chi connectivity index (χ4n) is 4.23. The summed E-state index contributed by atoms with van der Waals surface area (Å²) in [5, 5.41) is 18.0. The molecule has 0 atom stereocenters. The van der Waals surface area contributed by atoms with Gasteiger partial charge in [0.25, 0.3) is 0 Å². The van der Waals surface area contributed by atoms with E-state index in [0.29, 0.717) is 12.5 Å². The first-order valence-corrected chi connectivity index (χ1v) is 10.5. The summed E-state index contributed by atoms with van der Waals surface area (Å²) < 4.78 is 13.0. The topological polar surface area (TPSA) is 81.6 Å². The van der Waals surface area contributed by atoms with Crippen molar-refractivity contribution in [1.29, 1.82) is 0 Å². The third-order valence-electron chi connectivity index (χ3n) is 6.05. The van der Waals surface area contributed by atoms with Gasteiger partial charge in [-0.1, -0.05) is 25.9 Å². The predicted molar refractivity (Wildman–Crippen MR) is 107 cm³/mol. The number of aromatic nitrogens is 5. The Balaban J connectivity index is 1.29. The van der Waals surface area contributed by atoms with Crippen molar-refractivity contribution in [3.05, 3.63) is 40.7 Å². The lowest BCUT2D eigenvalue weighted by molar-refractivity contribution is 0.102. The summed E-state index contributed by atoms with van der Waals surface area (Å²) in [5.41, 5.74) is 4.06. The Bertz CT molecular complexity index is 1010. The second-order valence-electron chi connectivity index (χ2n) is 9.18. The summed E-state index contributed by atoms with van der Waals surface area (Å²) in [6.45, 7) is 10.7. The first-order valence-electron chi connectivity index (χ1n) is 10.5. The highest BCUT2D eigenvalue weighted by Gasteiger charge is 2.28. The van der Waals surface area contributed by atoms with Crippen molar-refractivity contribution in [3.8, 4) is 0 Å². The fraction of sp³-hybridized carbons (Fsp3) is 0.619. The van der Waals surface area contributed by atoms with E-state index in [2.05, 4.69) is 47.1 Å². The van der Waals surface area contributed by atoms with E-state index >= 15 is 0 Å². The van der Waals surface area contributed by atoms with Gasteiger partial charge in [-0.25, -0.2) is 0 Å². The van der Waals surface area contributed by atoms with E-state index in [1.165, 1.54) is 0 Å². The van der Waals surface area contributed by atoms with Crippen LogP contribution >= 0.6 is 0 Å². The Labute approximate surface area is 170 Å². The number of rotatable bonds is 3. The van der Waals surface area contributed by atoms with E-state index in [1.807, 2.05) is 10.6 Å². The summed E-state index contributed by atoms with van der Waals surface area (Å²) in [4.78, 5) is 2.44. The first-order chi connectivity index (χ1) is 14.0. The molecular weight excluding hydrogens is 368 g/mol. The molecule has 29 heavy (non-hydrogen) atoms. The van der Waals surface area contributed by atoms with Crippen molar-refractivity contribution in [2.75, 3.05) is 19.7 Å². The molecule has 2 aliphatic rings. The smallest absolute Gasteiger partial charge is 0.177 e. The molecule has 0 aromatic carbocycles. The Kier molecular flexibility index (Phi) is 4.63. The Morgan fingerprint density at radius 2 is 1.97 bits per heavy atom. The van der Waals surface area contributed by atoms with Crippen LogP contribution in [0, 0.1) is 0 Å². The number of ether oxygens (including phenoxy) is 1. The van der Waals surface area contributed by atoms with Crippen LogP contribution in [-0.4, -0.2) is 49.6 Å². The van der Waals surface area contributed by atoms with E-state index in [4.69, 9.17) is 14.4 Å². The Morgan fingerprint density at radius 3 is 2.76 bits per heavy atom. The molecule has 8 nitrogen and oxygen atoms in total. The van der Waals surface area contributed by atoms with Crippen molar-refractivity contribution in [2.45, 2.75) is 64.5 Å². The third-order valence-corrected chi connectivity index (χ3v) is 6.05. The van der Waals surface area contributed by atoms with Gasteiger partial charge in [-0.05, 0) is 38.1 Å². The summed E-state index contributed by atoms with van der Waals surface area (Å²) in [6, 6.07) is 4.08. The highest BCUT2D eigenvalue weighted by molar-refractivity contribution is 5.38. The molecule has 0 spiro atoms. The summed E-state index contributed by atoms with van der Waals surface area (Å²) in [5.74, 6) is 2.35. The second-order valence-corrected chi connectivity index (χ2v) is 9.18. The average molecular weight is 396 g/mol. The summed E-state index contributed by atoms with van der Waals surface area (Å²) in [6.07, 6.45) is 2.91. The van der Waals surface area contributed by atoms with Gasteiger partial charge in [-0.15, -0.1) is 10.2 Å². The molecule has 1 saturated heterocycles. The van der Waals surface area contributed by atoms with Gasteiger partial charge in [0, 0.05) is 29.9 Å². The lowest BCUT2D eigenvalue weighted by Gasteiger charge is -2.30. The molecule has 0 radical (unpaired) electrons. The van der Waals surface area contributed by atoms with E-state index in [0.717, 1.165) is 79.7 Å². The van der Waals surface area contributed by atoms with Crippen LogP contribution in [0.3, 0.4) is 0 Å². The minimum Gasteiger partial charge on any atom is -0.376 e. The number of fused-ring (bicyclic) bond motifs is 2. The number of likely N-dealkylation sites (tertiary alicyclic amines) is 1. The van der Waals surface area contributed by atoms with E-state index < -0.39 is 0 Å². The van der Waals surface area contributed by atoms with Crippen molar-refractivity contribution in [2.24, 2.45) is 0 Å². The van der Waals surface area contributed by atoms with Crippen LogP contribution in [0.2, 0.25) is 0 Å². The standard InChI is InChI=1S/C21H28N6O2/c1-21(2,3)18-4-5-19-22-23-20(27(19)24-18)14-6-9-26(10-7-14)12-16-15-13-28-11-8-17(15)29-25-16/h4-5,14H,6-13H2,1-3H3. The largest absolute Gasteiger partial charge is 0.376 e. The van der Waals surface area contributed by atoms with Crippen LogP contribution in [-0.2, 0) is 29.7 Å². The van der Waals surface area contributed by atoms with Crippen LogP contribution in [0.1, 0.15) is 68.1 Å². The van der Waals surface area contributed by atoms with Gasteiger partial charge in [0.05, 0.1) is 18.9 Å². The number of nitrogens with zero attached hydrogens (tertiary/aromatic N) is 6. The molecule has 0 bridgehead atoms. The quantitative estimate of drug-likeness (QED) is 0.673. The monoisotopic (exact) mass is 396 g/mol. The zero-order valence-electron chi connectivity index (χ0n) is 17.4. The molecule has 0 unspecified atom stereocenters. The minimum absolute atomic E-state index is 0.000455. The second kappa shape index (κ2) is 7.18. The van der Waals surface area contributed by atoms with E-state index in [1.54, 1.807) is 0 Å². The van der Waals surface area contributed by atoms with Crippen LogP contribution < -0.4 is 0 Å². The number of hydrogen-bond donors (Lipinski definition) is 0. The number of hydrogen-bond acceptors (Lipinski definition) is 7. The van der Waals surface area contributed by atoms with Gasteiger partial charge in [-0.3, -0.25) is 4.90 Å². The van der Waals surface area contributed by atoms with Crippen molar-refractivity contribution in [1.82, 2.24) is 29.9 Å². The summed E-state index contributed by atoms with van der Waals surface area (Å²) in [7, 11) is 0. The number of piperidine rings is 1. The molecule has 154 valence electrons. The normalized spacial score (nSPS) is 19.0. The van der Waals surface area contributed by atoms with Gasteiger partial charge in [0.2, 0.25) is 0 Å². The molecule has 0 aliphatic carbocycles.